The number of fused-ring (bicyclic) bond motifs is 3. The first-order chi connectivity index (χ1) is 24.9. The summed E-state index contributed by atoms with van der Waals surface area (Å²) in [4.78, 5) is 8.77. The number of benzene rings is 4. The minimum Gasteiger partial charge on any atom is -0.305 e. The molecule has 269 valence electrons. The molecular weight excluding hydrogens is 873 g/mol. The van der Waals surface area contributed by atoms with Crippen molar-refractivity contribution in [1.29, 1.82) is 0 Å². The quantitative estimate of drug-likeness (QED) is 0.0944. The van der Waals surface area contributed by atoms with Crippen molar-refractivity contribution in [3.05, 3.63) is 138 Å². The molecule has 1 radical (unpaired) electrons. The van der Waals surface area contributed by atoms with E-state index in [-0.39, 0.29) is 25.8 Å². The van der Waals surface area contributed by atoms with Gasteiger partial charge in [0.05, 0.1) is 9.44 Å². The van der Waals surface area contributed by atoms with Crippen LogP contribution in [0.15, 0.2) is 109 Å². The summed E-state index contributed by atoms with van der Waals surface area (Å²) < 4.78 is 71.5. The Morgan fingerprint density at radius 1 is 0.827 bits per heavy atom. The van der Waals surface area contributed by atoms with Crippen LogP contribution in [-0.4, -0.2) is 24.2 Å². The summed E-state index contributed by atoms with van der Waals surface area (Å²) in [6.07, 6.45) is -6.51. The van der Waals surface area contributed by atoms with Crippen molar-refractivity contribution in [3.63, 3.8) is 0 Å². The van der Waals surface area contributed by atoms with Gasteiger partial charge in [0.2, 0.25) is 6.15 Å². The topological polar surface area (TPSA) is 25.8 Å². The maximum absolute atomic E-state index is 14.4. The maximum Gasteiger partial charge on any atom is 0.423 e. The fourth-order valence-electron chi connectivity index (χ4n) is 6.10. The van der Waals surface area contributed by atoms with Crippen LogP contribution in [0.1, 0.15) is 45.3 Å². The van der Waals surface area contributed by atoms with E-state index in [4.69, 9.17) is 2.74 Å². The van der Waals surface area contributed by atoms with E-state index in [2.05, 4.69) is 67.0 Å². The van der Waals surface area contributed by atoms with Crippen molar-refractivity contribution in [2.24, 2.45) is 0 Å². The second kappa shape index (κ2) is 15.9. The molecular formula is C43H38F4IrN2SSi-2. The maximum atomic E-state index is 14.4. The second-order valence-corrected chi connectivity index (χ2v) is 19.7. The number of thiophene rings is 1. The van der Waals surface area contributed by atoms with Crippen molar-refractivity contribution in [3.8, 4) is 33.6 Å². The SMILES string of the molecule is Cc1cc(-c2[c-]cccc2)ncc1[Si](C)(C)C.[2H]C(C)(C)c1cc(-c2ccccc2)c2c(c1)sc1c(-c3cc(C([2H])(F)C(F)(F)F)ccn3)[c-]ccc12.[Ir]. The number of pyridine rings is 2. The van der Waals surface area contributed by atoms with Crippen molar-refractivity contribution < 1.29 is 40.4 Å². The van der Waals surface area contributed by atoms with Crippen LogP contribution >= 0.6 is 11.3 Å². The first-order valence-electron chi connectivity index (χ1n) is 17.5. The molecule has 0 saturated carbocycles. The Hall–Kier alpha value is -4.01. The van der Waals surface area contributed by atoms with E-state index in [0.717, 1.165) is 66.4 Å². The van der Waals surface area contributed by atoms with Gasteiger partial charge in [-0.2, -0.15) is 24.5 Å². The molecule has 1 unspecified atom stereocenters. The van der Waals surface area contributed by atoms with Gasteiger partial charge in [0.15, 0.2) is 0 Å². The number of rotatable bonds is 6. The van der Waals surface area contributed by atoms with Crippen LogP contribution in [0.25, 0.3) is 53.8 Å². The number of hydrogen-bond donors (Lipinski definition) is 0. The van der Waals surface area contributed by atoms with Gasteiger partial charge in [0.1, 0.15) is 0 Å². The third-order valence-electron chi connectivity index (χ3n) is 8.62. The number of aryl methyl sites for hydroxylation is 1. The van der Waals surface area contributed by atoms with Gasteiger partial charge in [-0.05, 0) is 73.9 Å². The van der Waals surface area contributed by atoms with Gasteiger partial charge in [0.25, 0.3) is 0 Å². The molecule has 0 amide bonds. The monoisotopic (exact) mass is 913 g/mol. The van der Waals surface area contributed by atoms with E-state index in [0.29, 0.717) is 5.56 Å². The van der Waals surface area contributed by atoms with Gasteiger partial charge in [-0.1, -0.05) is 93.0 Å². The van der Waals surface area contributed by atoms with E-state index < -0.39 is 31.9 Å². The first-order valence-corrected chi connectivity index (χ1v) is 20.8. The van der Waals surface area contributed by atoms with Gasteiger partial charge in [-0.25, -0.2) is 4.39 Å². The Kier molecular flexibility index (Phi) is 11.1. The molecule has 0 aliphatic rings. The van der Waals surface area contributed by atoms with E-state index in [1.54, 1.807) is 6.07 Å². The summed E-state index contributed by atoms with van der Waals surface area (Å²) in [6.45, 7) is 12.9. The Bertz CT molecular complexity index is 2410. The molecule has 3 aromatic heterocycles. The Morgan fingerprint density at radius 3 is 2.19 bits per heavy atom. The minimum absolute atomic E-state index is 0. The third-order valence-corrected chi connectivity index (χ3v) is 11.9. The van der Waals surface area contributed by atoms with Crippen molar-refractivity contribution >= 4 is 44.8 Å². The molecule has 0 spiro atoms. The number of halogens is 4. The summed E-state index contributed by atoms with van der Waals surface area (Å²) in [5.41, 5.74) is 5.88. The molecule has 0 aliphatic carbocycles. The van der Waals surface area contributed by atoms with E-state index in [9.17, 15) is 17.6 Å². The molecule has 0 saturated heterocycles. The van der Waals surface area contributed by atoms with Crippen LogP contribution in [0.2, 0.25) is 19.6 Å². The molecule has 0 bridgehead atoms. The molecule has 7 rings (SSSR count). The standard InChI is InChI=1S/C28H20F4NS.C15H18NSi.Ir/c1-16(2)19-13-22(17-7-4-3-5-8-17)25-21-10-6-9-20(26(21)34-24(25)15-19)23-14-18(11-12-33-23)27(29)28(30,31)32;1-12-10-14(13-8-6-5-7-9-13)16-11-15(12)17(2,3)4;/h3-8,10-16,27H,1-2H3;5-8,10-11H,1-4H3;/q2*-1;/i16D,27D;;. The summed E-state index contributed by atoms with van der Waals surface area (Å²) in [6, 6.07) is 35.6. The first kappa shape index (κ1) is 36.3. The smallest absolute Gasteiger partial charge is 0.305 e. The van der Waals surface area contributed by atoms with Crippen LogP contribution in [0.3, 0.4) is 0 Å². The largest absolute Gasteiger partial charge is 0.423 e. The third kappa shape index (κ3) is 8.44. The zero-order valence-electron chi connectivity index (χ0n) is 31.5. The zero-order valence-corrected chi connectivity index (χ0v) is 33.8. The summed E-state index contributed by atoms with van der Waals surface area (Å²) in [7, 11) is -1.27. The van der Waals surface area contributed by atoms with Crippen LogP contribution in [0.4, 0.5) is 17.6 Å². The molecule has 1 atom stereocenters. The molecule has 2 nitrogen and oxygen atoms in total. The van der Waals surface area contributed by atoms with Crippen LogP contribution < -0.4 is 5.19 Å². The Labute approximate surface area is 324 Å². The van der Waals surface area contributed by atoms with Crippen LogP contribution in [0, 0.1) is 19.1 Å². The Morgan fingerprint density at radius 2 is 1.56 bits per heavy atom. The van der Waals surface area contributed by atoms with Gasteiger partial charge >= 0.3 is 6.18 Å². The van der Waals surface area contributed by atoms with E-state index >= 15 is 0 Å². The van der Waals surface area contributed by atoms with Gasteiger partial charge in [-0.3, -0.25) is 0 Å². The van der Waals surface area contributed by atoms with Crippen LogP contribution in [-0.2, 0) is 20.1 Å². The normalized spacial score (nSPS) is 13.7. The Balaban J connectivity index is 0.000000262. The van der Waals surface area contributed by atoms with Crippen molar-refractivity contribution in [2.75, 3.05) is 0 Å². The molecule has 7 aromatic rings. The van der Waals surface area contributed by atoms with Crippen molar-refractivity contribution in [1.82, 2.24) is 9.97 Å². The predicted octanol–water partition coefficient (Wildman–Crippen LogP) is 12.7. The molecule has 0 N–H and O–H groups in total. The fourth-order valence-corrected chi connectivity index (χ4v) is 9.08. The number of alkyl halides is 4. The number of nitrogens with zero attached hydrogens (tertiary/aromatic N) is 2. The second-order valence-electron chi connectivity index (χ2n) is 13.6. The zero-order chi connectivity index (χ0) is 38.3. The summed E-state index contributed by atoms with van der Waals surface area (Å²) in [5.74, 6) is -0.852. The number of hydrogen-bond acceptors (Lipinski definition) is 3. The number of aromatic nitrogens is 2. The van der Waals surface area contributed by atoms with Gasteiger partial charge in [-0.15, -0.1) is 59.7 Å². The van der Waals surface area contributed by atoms with Crippen LogP contribution in [0.5, 0.6) is 0 Å². The molecule has 3 heterocycles. The fraction of sp³-hybridized carbons (Fsp3) is 0.209. The van der Waals surface area contributed by atoms with Crippen molar-refractivity contribution in [2.45, 2.75) is 58.6 Å². The predicted molar refractivity (Wildman–Crippen MR) is 207 cm³/mol. The molecule has 52 heavy (non-hydrogen) atoms. The minimum atomic E-state index is -5.39. The molecule has 0 fully saturated rings. The summed E-state index contributed by atoms with van der Waals surface area (Å²) >= 11 is 1.42. The summed E-state index contributed by atoms with van der Waals surface area (Å²) in [5, 5.41) is 3.26. The average molecular weight is 913 g/mol. The molecule has 4 aromatic carbocycles. The van der Waals surface area contributed by atoms with Gasteiger partial charge < -0.3 is 9.97 Å². The molecule has 0 aliphatic heterocycles. The van der Waals surface area contributed by atoms with E-state index in [1.807, 2.05) is 80.6 Å². The van der Waals surface area contributed by atoms with E-state index in [1.165, 1.54) is 22.1 Å². The average Bonchev–Trinajstić information content (AvgIpc) is 3.50. The van der Waals surface area contributed by atoms with Gasteiger partial charge in [0, 0.05) is 38.6 Å². The molecule has 9 heteroatoms.